The molecular weight excluding hydrogens is 268 g/mol. The Balaban J connectivity index is 2.09. The molecule has 1 aromatic carbocycles. The summed E-state index contributed by atoms with van der Waals surface area (Å²) in [6.07, 6.45) is 4.56. The molecule has 5 heteroatoms. The predicted octanol–water partition coefficient (Wildman–Crippen LogP) is 2.93. The number of hydrogen-bond acceptors (Lipinski definition) is 4. The number of benzene rings is 1. The normalized spacial score (nSPS) is 19.8. The lowest BCUT2D eigenvalue weighted by Gasteiger charge is -2.19. The second-order valence-corrected chi connectivity index (χ2v) is 5.19. The van der Waals surface area contributed by atoms with Crippen molar-refractivity contribution in [1.29, 1.82) is 0 Å². The Hall–Kier alpha value is -2.30. The Kier molecular flexibility index (Phi) is 3.41. The van der Waals surface area contributed by atoms with Crippen LogP contribution in [0, 0.1) is 0 Å². The summed E-state index contributed by atoms with van der Waals surface area (Å²) in [6.45, 7) is 4.46. The van der Waals surface area contributed by atoms with Crippen LogP contribution in [0.5, 0.6) is 11.5 Å². The fourth-order valence-corrected chi connectivity index (χ4v) is 2.71. The summed E-state index contributed by atoms with van der Waals surface area (Å²) >= 11 is 0. The largest absolute Gasteiger partial charge is 0.493 e. The third-order valence-electron chi connectivity index (χ3n) is 3.68. The van der Waals surface area contributed by atoms with Crippen molar-refractivity contribution in [1.82, 2.24) is 4.90 Å². The van der Waals surface area contributed by atoms with E-state index in [4.69, 9.17) is 9.47 Å². The van der Waals surface area contributed by atoms with Gasteiger partial charge in [0.25, 0.3) is 5.91 Å². The van der Waals surface area contributed by atoms with E-state index in [2.05, 4.69) is 4.99 Å². The van der Waals surface area contributed by atoms with Crippen molar-refractivity contribution in [3.63, 3.8) is 0 Å². The molecule has 0 saturated carbocycles. The fourth-order valence-electron chi connectivity index (χ4n) is 2.71. The second-order valence-electron chi connectivity index (χ2n) is 5.19. The molecule has 0 bridgehead atoms. The van der Waals surface area contributed by atoms with Crippen LogP contribution in [-0.2, 0) is 0 Å². The molecule has 2 aliphatic rings. The highest BCUT2D eigenvalue weighted by molar-refractivity contribution is 6.04. The Morgan fingerprint density at radius 2 is 2.19 bits per heavy atom. The van der Waals surface area contributed by atoms with Gasteiger partial charge in [-0.05, 0) is 26.3 Å². The number of aliphatic imine (C=N–C) groups is 1. The minimum absolute atomic E-state index is 0.00596. The average molecular weight is 286 g/mol. The first kappa shape index (κ1) is 13.7. The van der Waals surface area contributed by atoms with Crippen molar-refractivity contribution in [3.8, 4) is 11.5 Å². The lowest BCUT2D eigenvalue weighted by molar-refractivity contribution is 0.0817. The van der Waals surface area contributed by atoms with Gasteiger partial charge < -0.3 is 14.4 Å². The van der Waals surface area contributed by atoms with E-state index < -0.39 is 0 Å². The maximum atomic E-state index is 12.7. The number of nitrogens with zero attached hydrogens (tertiary/aromatic N) is 2. The molecule has 2 heterocycles. The van der Waals surface area contributed by atoms with E-state index in [1.165, 1.54) is 5.57 Å². The monoisotopic (exact) mass is 286 g/mol. The molecule has 0 N–H and O–H groups in total. The lowest BCUT2D eigenvalue weighted by atomic mass is 10.1. The summed E-state index contributed by atoms with van der Waals surface area (Å²) < 4.78 is 10.9. The van der Waals surface area contributed by atoms with Crippen molar-refractivity contribution in [3.05, 3.63) is 29.5 Å². The fraction of sp³-hybridized carbons (Fsp3) is 0.375. The van der Waals surface area contributed by atoms with E-state index >= 15 is 0 Å². The highest BCUT2D eigenvalue weighted by Crippen LogP contribution is 2.38. The van der Waals surface area contributed by atoms with Gasteiger partial charge in [-0.1, -0.05) is 5.57 Å². The molecule has 1 aromatic rings. The van der Waals surface area contributed by atoms with Gasteiger partial charge >= 0.3 is 0 Å². The molecule has 0 spiro atoms. The Morgan fingerprint density at radius 3 is 2.90 bits per heavy atom. The number of hydrogen-bond donors (Lipinski definition) is 0. The minimum atomic E-state index is -0.0503. The van der Waals surface area contributed by atoms with Gasteiger partial charge in [-0.2, -0.15) is 0 Å². The number of carbonyl (C=O) groups is 1. The average Bonchev–Trinajstić information content (AvgIpc) is 2.80. The highest BCUT2D eigenvalue weighted by Gasteiger charge is 2.31. The van der Waals surface area contributed by atoms with Gasteiger partial charge in [0, 0.05) is 18.5 Å². The van der Waals surface area contributed by atoms with Crippen molar-refractivity contribution < 1.29 is 14.3 Å². The van der Waals surface area contributed by atoms with E-state index in [1.54, 1.807) is 24.1 Å². The predicted molar refractivity (Wildman–Crippen MR) is 80.6 cm³/mol. The zero-order valence-electron chi connectivity index (χ0n) is 12.4. The van der Waals surface area contributed by atoms with Gasteiger partial charge in [0.05, 0.1) is 31.0 Å². The first-order valence-corrected chi connectivity index (χ1v) is 7.03. The molecule has 0 fully saturated rings. The van der Waals surface area contributed by atoms with Crippen LogP contribution < -0.4 is 9.47 Å². The molecule has 110 valence electrons. The summed E-state index contributed by atoms with van der Waals surface area (Å²) in [7, 11) is 1.57. The summed E-state index contributed by atoms with van der Waals surface area (Å²) in [5.41, 5.74) is 2.35. The number of ether oxygens (including phenoxy) is 2. The van der Waals surface area contributed by atoms with E-state index in [0.717, 1.165) is 6.42 Å². The molecule has 0 saturated heterocycles. The molecule has 3 rings (SSSR count). The van der Waals surface area contributed by atoms with Crippen LogP contribution in [0.2, 0.25) is 0 Å². The van der Waals surface area contributed by atoms with Crippen LogP contribution in [0.4, 0.5) is 5.69 Å². The highest BCUT2D eigenvalue weighted by atomic mass is 16.5. The Morgan fingerprint density at radius 1 is 1.38 bits per heavy atom. The number of rotatable bonds is 3. The summed E-state index contributed by atoms with van der Waals surface area (Å²) in [4.78, 5) is 18.9. The van der Waals surface area contributed by atoms with Crippen LogP contribution >= 0.6 is 0 Å². The minimum Gasteiger partial charge on any atom is -0.493 e. The molecule has 5 nitrogen and oxygen atoms in total. The van der Waals surface area contributed by atoms with Gasteiger partial charge in [0.2, 0.25) is 0 Å². The molecular formula is C16H18N2O3. The second kappa shape index (κ2) is 5.24. The smallest absolute Gasteiger partial charge is 0.260 e. The Bertz CT molecular complexity index is 649. The van der Waals surface area contributed by atoms with E-state index in [1.807, 2.05) is 26.3 Å². The maximum absolute atomic E-state index is 12.7. The number of fused-ring (bicyclic) bond motifs is 2. The molecule has 2 aliphatic heterocycles. The van der Waals surface area contributed by atoms with Gasteiger partial charge in [0.1, 0.15) is 0 Å². The Labute approximate surface area is 123 Å². The van der Waals surface area contributed by atoms with Gasteiger partial charge in [-0.25, -0.2) is 0 Å². The zero-order valence-corrected chi connectivity index (χ0v) is 12.4. The summed E-state index contributed by atoms with van der Waals surface area (Å²) in [6, 6.07) is 3.49. The summed E-state index contributed by atoms with van der Waals surface area (Å²) in [5, 5.41) is 0. The maximum Gasteiger partial charge on any atom is 0.260 e. The molecule has 1 atom stereocenters. The molecule has 0 radical (unpaired) electrons. The number of carbonyl (C=O) groups excluding carboxylic acids is 1. The zero-order chi connectivity index (χ0) is 15.0. The van der Waals surface area contributed by atoms with Crippen molar-refractivity contribution in [2.75, 3.05) is 13.7 Å². The third-order valence-corrected chi connectivity index (χ3v) is 3.68. The van der Waals surface area contributed by atoms with Crippen LogP contribution in [-0.4, -0.2) is 36.8 Å². The number of methoxy groups -OCH3 is 1. The van der Waals surface area contributed by atoms with Gasteiger partial charge in [0.15, 0.2) is 11.5 Å². The van der Waals surface area contributed by atoms with E-state index in [9.17, 15) is 4.79 Å². The first-order chi connectivity index (χ1) is 10.1. The molecule has 0 unspecified atom stereocenters. The first-order valence-electron chi connectivity index (χ1n) is 7.03. The molecule has 0 aromatic heterocycles. The standard InChI is InChI=1S/C16H18N2O3/c1-4-21-15-7-13-12(6-14(15)20-3)16(19)18-9-10(2)5-11(18)8-17-13/h6-9,11H,4-5H2,1-3H3/t11-/m0/s1. The van der Waals surface area contributed by atoms with Crippen molar-refractivity contribution >= 4 is 17.8 Å². The number of amides is 1. The van der Waals surface area contributed by atoms with Gasteiger partial charge in [-0.3, -0.25) is 9.79 Å². The topological polar surface area (TPSA) is 51.1 Å². The van der Waals surface area contributed by atoms with Crippen molar-refractivity contribution in [2.45, 2.75) is 26.3 Å². The van der Waals surface area contributed by atoms with E-state index in [0.29, 0.717) is 29.4 Å². The van der Waals surface area contributed by atoms with Crippen LogP contribution in [0.15, 0.2) is 28.9 Å². The lowest BCUT2D eigenvalue weighted by Crippen LogP contribution is -2.32. The van der Waals surface area contributed by atoms with Crippen LogP contribution in [0.3, 0.4) is 0 Å². The molecule has 0 aliphatic carbocycles. The third kappa shape index (κ3) is 2.28. The molecule has 21 heavy (non-hydrogen) atoms. The van der Waals surface area contributed by atoms with Crippen molar-refractivity contribution in [2.24, 2.45) is 4.99 Å². The SMILES string of the molecule is CCOc1cc2c(cc1OC)C(=O)N1C=C(C)C[C@H]1C=N2. The van der Waals surface area contributed by atoms with Gasteiger partial charge in [-0.15, -0.1) is 0 Å². The van der Waals surface area contributed by atoms with Crippen LogP contribution in [0.1, 0.15) is 30.6 Å². The summed E-state index contributed by atoms with van der Waals surface area (Å²) in [5.74, 6) is 1.11. The molecule has 1 amide bonds. The van der Waals surface area contributed by atoms with E-state index in [-0.39, 0.29) is 11.9 Å². The van der Waals surface area contributed by atoms with Crippen LogP contribution in [0.25, 0.3) is 0 Å². The quantitative estimate of drug-likeness (QED) is 0.858.